The van der Waals surface area contributed by atoms with Gasteiger partial charge in [0.05, 0.1) is 17.0 Å². The average Bonchev–Trinajstić information content (AvgIpc) is 3.23. The number of nitrogens with zero attached hydrogens (tertiary/aromatic N) is 3. The number of likely N-dealkylation sites (tertiary alicyclic amines) is 2. The van der Waals surface area contributed by atoms with E-state index in [1.807, 2.05) is 79.5 Å². The predicted molar refractivity (Wildman–Crippen MR) is 147 cm³/mol. The second-order valence-electron chi connectivity index (χ2n) is 11.5. The highest BCUT2D eigenvalue weighted by atomic mass is 16.2. The summed E-state index contributed by atoms with van der Waals surface area (Å²) < 4.78 is 2.03. The molecule has 8 nitrogen and oxygen atoms in total. The van der Waals surface area contributed by atoms with Crippen molar-refractivity contribution in [2.45, 2.75) is 50.7 Å². The van der Waals surface area contributed by atoms with Crippen LogP contribution in [0.15, 0.2) is 60.8 Å². The molecule has 5 rings (SSSR count). The Balaban J connectivity index is 1.45. The quantitative estimate of drug-likeness (QED) is 0.493. The van der Waals surface area contributed by atoms with Gasteiger partial charge in [-0.25, -0.2) is 0 Å². The van der Waals surface area contributed by atoms with Gasteiger partial charge in [0.25, 0.3) is 0 Å². The van der Waals surface area contributed by atoms with Gasteiger partial charge in [-0.1, -0.05) is 48.5 Å². The Morgan fingerprint density at radius 1 is 1.11 bits per heavy atom. The summed E-state index contributed by atoms with van der Waals surface area (Å²) >= 11 is 0. The number of para-hydroxylation sites is 1. The van der Waals surface area contributed by atoms with Gasteiger partial charge in [-0.2, -0.15) is 0 Å². The number of carbonyl (C=O) groups excluding carboxylic acids is 3. The fourth-order valence-corrected chi connectivity index (χ4v) is 6.31. The Labute approximate surface area is 223 Å². The smallest absolute Gasteiger partial charge is 0.245 e. The predicted octanol–water partition coefficient (Wildman–Crippen LogP) is 2.77. The fourth-order valence-electron chi connectivity index (χ4n) is 6.31. The normalized spacial score (nSPS) is 22.4. The number of nitrogens with one attached hydrogen (secondary N) is 1. The number of piperidine rings is 1. The fraction of sp³-hybridized carbons (Fsp3) is 0.433. The van der Waals surface area contributed by atoms with Gasteiger partial charge in [0, 0.05) is 50.7 Å². The minimum atomic E-state index is -1.13. The van der Waals surface area contributed by atoms with Gasteiger partial charge in [0.15, 0.2) is 0 Å². The Kier molecular flexibility index (Phi) is 6.55. The third-order valence-electron chi connectivity index (χ3n) is 8.20. The number of carbonyl (C=O) groups is 3. The van der Waals surface area contributed by atoms with Crippen molar-refractivity contribution >= 4 is 28.6 Å². The molecule has 0 bridgehead atoms. The molecule has 2 aliphatic heterocycles. The molecule has 2 unspecified atom stereocenters. The van der Waals surface area contributed by atoms with Crippen LogP contribution in [0.5, 0.6) is 0 Å². The molecule has 3 heterocycles. The molecule has 8 heteroatoms. The summed E-state index contributed by atoms with van der Waals surface area (Å²) in [6.45, 7) is 4.14. The standard InChI is InChI=1S/C30H37N5O3/c1-29(2,31)27(37)32-23(17-21-18-33(3)24-14-9-8-13-22(21)24)26(36)35-16-10-15-30(19-35)25(34(4)28(30)38)20-11-6-5-7-12-20/h5-9,11-14,18,23,25H,10,15-17,19,31H2,1-4H3,(H,32,37)/t23-,25?,30?/m1/s1. The summed E-state index contributed by atoms with van der Waals surface area (Å²) in [6.07, 6.45) is 3.81. The van der Waals surface area contributed by atoms with Crippen LogP contribution in [0.25, 0.3) is 10.9 Å². The number of aromatic nitrogens is 1. The first kappa shape index (κ1) is 26.0. The molecule has 2 aromatic carbocycles. The lowest BCUT2D eigenvalue weighted by Gasteiger charge is -2.58. The summed E-state index contributed by atoms with van der Waals surface area (Å²) in [5, 5.41) is 3.99. The highest BCUT2D eigenvalue weighted by Crippen LogP contribution is 2.54. The van der Waals surface area contributed by atoms with E-state index < -0.39 is 17.0 Å². The topological polar surface area (TPSA) is 101 Å². The highest BCUT2D eigenvalue weighted by Gasteiger charge is 2.61. The number of fused-ring (bicyclic) bond motifs is 1. The van der Waals surface area contributed by atoms with Crippen LogP contribution in [0.4, 0.5) is 0 Å². The Morgan fingerprint density at radius 2 is 1.79 bits per heavy atom. The number of nitrogens with two attached hydrogens (primary N) is 1. The first-order valence-electron chi connectivity index (χ1n) is 13.3. The lowest BCUT2D eigenvalue weighted by Crippen LogP contribution is -2.68. The maximum Gasteiger partial charge on any atom is 0.245 e. The molecule has 2 saturated heterocycles. The van der Waals surface area contributed by atoms with Crippen molar-refractivity contribution in [2.75, 3.05) is 20.1 Å². The van der Waals surface area contributed by atoms with E-state index in [1.54, 1.807) is 23.6 Å². The lowest BCUT2D eigenvalue weighted by molar-refractivity contribution is -0.179. The van der Waals surface area contributed by atoms with E-state index in [4.69, 9.17) is 5.73 Å². The van der Waals surface area contributed by atoms with Crippen molar-refractivity contribution < 1.29 is 14.4 Å². The van der Waals surface area contributed by atoms with Crippen molar-refractivity contribution in [2.24, 2.45) is 18.2 Å². The van der Waals surface area contributed by atoms with Crippen LogP contribution in [-0.4, -0.2) is 63.8 Å². The molecule has 200 valence electrons. The van der Waals surface area contributed by atoms with E-state index in [9.17, 15) is 14.4 Å². The molecule has 1 aromatic heterocycles. The molecule has 1 spiro atoms. The molecule has 0 radical (unpaired) electrons. The van der Waals surface area contributed by atoms with Gasteiger partial charge >= 0.3 is 0 Å². The third kappa shape index (κ3) is 4.36. The number of amides is 3. The molecule has 3 atom stereocenters. The summed E-state index contributed by atoms with van der Waals surface area (Å²) in [5.74, 6) is -0.491. The lowest BCUT2D eigenvalue weighted by atomic mass is 9.63. The molecule has 3 N–H and O–H groups in total. The van der Waals surface area contributed by atoms with Crippen molar-refractivity contribution in [3.05, 3.63) is 71.9 Å². The maximum absolute atomic E-state index is 14.1. The van der Waals surface area contributed by atoms with Crippen LogP contribution in [0.3, 0.4) is 0 Å². The number of aryl methyl sites for hydroxylation is 1. The molecule has 38 heavy (non-hydrogen) atoms. The molecular formula is C30H37N5O3. The monoisotopic (exact) mass is 515 g/mol. The van der Waals surface area contributed by atoms with Gasteiger partial charge in [-0.15, -0.1) is 0 Å². The van der Waals surface area contributed by atoms with Gasteiger partial charge < -0.3 is 25.4 Å². The second kappa shape index (κ2) is 9.58. The first-order valence-corrected chi connectivity index (χ1v) is 13.3. The molecule has 2 fully saturated rings. The van der Waals surface area contributed by atoms with Gasteiger partial charge in [0.2, 0.25) is 17.7 Å². The largest absolute Gasteiger partial charge is 0.350 e. The van der Waals surface area contributed by atoms with Crippen molar-refractivity contribution in [3.63, 3.8) is 0 Å². The van der Waals surface area contributed by atoms with Crippen LogP contribution in [0.2, 0.25) is 0 Å². The summed E-state index contributed by atoms with van der Waals surface area (Å²) in [7, 11) is 3.81. The van der Waals surface area contributed by atoms with Crippen LogP contribution in [0.1, 0.15) is 43.9 Å². The number of hydrogen-bond donors (Lipinski definition) is 2. The highest BCUT2D eigenvalue weighted by molar-refractivity contribution is 5.94. The van der Waals surface area contributed by atoms with E-state index in [-0.39, 0.29) is 23.8 Å². The van der Waals surface area contributed by atoms with Crippen LogP contribution >= 0.6 is 0 Å². The SMILES string of the molecule is CN1C(=O)C2(CCCN(C(=O)[C@@H](Cc3cn(C)c4ccccc34)NC(=O)C(C)(C)N)C2)C1c1ccccc1. The van der Waals surface area contributed by atoms with E-state index in [1.165, 1.54) is 0 Å². The summed E-state index contributed by atoms with van der Waals surface area (Å²) in [6, 6.07) is 17.2. The molecule has 0 aliphatic carbocycles. The minimum absolute atomic E-state index is 0.0709. The van der Waals surface area contributed by atoms with Crippen molar-refractivity contribution in [1.29, 1.82) is 0 Å². The Morgan fingerprint density at radius 3 is 2.50 bits per heavy atom. The molecule has 3 aromatic rings. The van der Waals surface area contributed by atoms with Crippen LogP contribution < -0.4 is 11.1 Å². The van der Waals surface area contributed by atoms with E-state index >= 15 is 0 Å². The minimum Gasteiger partial charge on any atom is -0.350 e. The summed E-state index contributed by atoms with van der Waals surface area (Å²) in [5.41, 5.74) is 7.43. The zero-order chi connectivity index (χ0) is 27.2. The second-order valence-corrected chi connectivity index (χ2v) is 11.5. The van der Waals surface area contributed by atoms with E-state index in [0.717, 1.165) is 34.9 Å². The van der Waals surface area contributed by atoms with Crippen LogP contribution in [-0.2, 0) is 27.9 Å². The number of hydrogen-bond acceptors (Lipinski definition) is 4. The molecule has 0 saturated carbocycles. The zero-order valence-corrected chi connectivity index (χ0v) is 22.6. The van der Waals surface area contributed by atoms with Crippen molar-refractivity contribution in [3.8, 4) is 0 Å². The Bertz CT molecular complexity index is 1380. The first-order chi connectivity index (χ1) is 18.0. The molecule has 3 amide bonds. The van der Waals surface area contributed by atoms with Gasteiger partial charge in [0.1, 0.15) is 6.04 Å². The van der Waals surface area contributed by atoms with Gasteiger partial charge in [-0.3, -0.25) is 14.4 Å². The average molecular weight is 516 g/mol. The maximum atomic E-state index is 14.1. The van der Waals surface area contributed by atoms with Gasteiger partial charge in [-0.05, 0) is 43.9 Å². The summed E-state index contributed by atoms with van der Waals surface area (Å²) in [4.78, 5) is 44.0. The molecular weight excluding hydrogens is 478 g/mol. The van der Waals surface area contributed by atoms with E-state index in [2.05, 4.69) is 5.32 Å². The number of benzene rings is 2. The third-order valence-corrected chi connectivity index (χ3v) is 8.20. The number of rotatable bonds is 6. The Hall–Kier alpha value is -3.65. The zero-order valence-electron chi connectivity index (χ0n) is 22.6. The van der Waals surface area contributed by atoms with E-state index in [0.29, 0.717) is 19.5 Å². The van der Waals surface area contributed by atoms with Crippen LogP contribution in [0, 0.1) is 5.41 Å². The number of β-lactam (4-membered cyclic amide) rings is 1. The van der Waals surface area contributed by atoms with Crippen molar-refractivity contribution in [1.82, 2.24) is 19.7 Å². The molecule has 2 aliphatic rings.